The summed E-state index contributed by atoms with van der Waals surface area (Å²) in [5.41, 5.74) is 3.08. The van der Waals surface area contributed by atoms with E-state index in [1.807, 2.05) is 48.5 Å². The first-order chi connectivity index (χ1) is 12.2. The highest BCUT2D eigenvalue weighted by Gasteiger charge is 2.09. The standard InChI is InChI=1S/C20H14BFN2O/c21-17-7-4-8-19-16(17)12-23-24(19)15-9-10-20(18(22)11-15)25-13-14-5-2-1-3-6-14/h1-12H,13H2/q-1. The molecule has 0 spiro atoms. The van der Waals surface area contributed by atoms with Gasteiger partial charge in [-0.2, -0.15) is 5.10 Å². The fourth-order valence-corrected chi connectivity index (χ4v) is 2.75. The number of rotatable bonds is 4. The van der Waals surface area contributed by atoms with Crippen LogP contribution in [0.4, 0.5) is 4.39 Å². The number of hydrogen-bond donors (Lipinski definition) is 0. The topological polar surface area (TPSA) is 27.1 Å². The zero-order chi connectivity index (χ0) is 17.2. The molecule has 0 aliphatic carbocycles. The molecule has 0 amide bonds. The Morgan fingerprint density at radius 2 is 1.84 bits per heavy atom. The van der Waals surface area contributed by atoms with E-state index in [0.29, 0.717) is 17.8 Å². The summed E-state index contributed by atoms with van der Waals surface area (Å²) in [5, 5.41) is 5.16. The minimum Gasteiger partial charge on any atom is -0.579 e. The quantitative estimate of drug-likeness (QED) is 0.536. The predicted octanol–water partition coefficient (Wildman–Crippen LogP) is 3.54. The highest BCUT2D eigenvalue weighted by Crippen LogP contribution is 2.23. The van der Waals surface area contributed by atoms with Crippen LogP contribution >= 0.6 is 0 Å². The number of benzene rings is 3. The second-order valence-corrected chi connectivity index (χ2v) is 5.73. The summed E-state index contributed by atoms with van der Waals surface area (Å²) in [6, 6.07) is 20.0. The summed E-state index contributed by atoms with van der Waals surface area (Å²) in [6.45, 7) is 0.318. The van der Waals surface area contributed by atoms with Crippen molar-refractivity contribution >= 4 is 24.2 Å². The molecule has 5 heteroatoms. The van der Waals surface area contributed by atoms with Crippen LogP contribution < -0.4 is 10.2 Å². The molecule has 0 unspecified atom stereocenters. The van der Waals surface area contributed by atoms with E-state index in [1.54, 1.807) is 23.0 Å². The van der Waals surface area contributed by atoms with Gasteiger partial charge in [0, 0.05) is 6.07 Å². The average Bonchev–Trinajstić information content (AvgIpc) is 3.07. The first kappa shape index (κ1) is 15.5. The molecule has 0 aliphatic rings. The Labute approximate surface area is 146 Å². The smallest absolute Gasteiger partial charge is 0.167 e. The van der Waals surface area contributed by atoms with Gasteiger partial charge in [-0.3, -0.25) is 0 Å². The minimum absolute atomic E-state index is 0.212. The van der Waals surface area contributed by atoms with E-state index in [4.69, 9.17) is 12.6 Å². The lowest BCUT2D eigenvalue weighted by Gasteiger charge is -2.11. The first-order valence-electron chi connectivity index (χ1n) is 7.91. The summed E-state index contributed by atoms with van der Waals surface area (Å²) in [6.07, 6.45) is 1.68. The zero-order valence-electron chi connectivity index (χ0n) is 13.4. The minimum atomic E-state index is -0.430. The van der Waals surface area contributed by atoms with Crippen molar-refractivity contribution in [3.05, 3.63) is 84.3 Å². The molecule has 0 bridgehead atoms. The maximum absolute atomic E-state index is 14.4. The van der Waals surface area contributed by atoms with Crippen molar-refractivity contribution in [2.24, 2.45) is 0 Å². The largest absolute Gasteiger partial charge is 0.579 e. The number of fused-ring (bicyclic) bond motifs is 1. The van der Waals surface area contributed by atoms with Crippen molar-refractivity contribution in [3.63, 3.8) is 0 Å². The van der Waals surface area contributed by atoms with E-state index in [2.05, 4.69) is 5.10 Å². The van der Waals surface area contributed by atoms with Crippen LogP contribution in [0.25, 0.3) is 16.6 Å². The van der Waals surface area contributed by atoms with Gasteiger partial charge in [-0.25, -0.2) is 9.07 Å². The zero-order valence-corrected chi connectivity index (χ0v) is 13.4. The van der Waals surface area contributed by atoms with Crippen LogP contribution in [0.2, 0.25) is 0 Å². The molecule has 3 radical (unpaired) electrons. The summed E-state index contributed by atoms with van der Waals surface area (Å²) in [5.74, 6) is -0.218. The number of aromatic nitrogens is 2. The van der Waals surface area contributed by atoms with Gasteiger partial charge < -0.3 is 18.0 Å². The van der Waals surface area contributed by atoms with E-state index in [9.17, 15) is 4.39 Å². The average molecular weight is 328 g/mol. The van der Waals surface area contributed by atoms with Gasteiger partial charge in [0.15, 0.2) is 11.6 Å². The number of ether oxygens (including phenoxy) is 1. The molecule has 1 heterocycles. The van der Waals surface area contributed by atoms with Gasteiger partial charge in [-0.05, 0) is 29.1 Å². The van der Waals surface area contributed by atoms with E-state index < -0.39 is 5.82 Å². The number of nitrogens with zero attached hydrogens (tertiary/aromatic N) is 2. The number of hydrogen-bond acceptors (Lipinski definition) is 2. The van der Waals surface area contributed by atoms with Crippen LogP contribution in [0.5, 0.6) is 5.75 Å². The first-order valence-corrected chi connectivity index (χ1v) is 7.91. The molecule has 0 atom stereocenters. The molecule has 0 N–H and O–H groups in total. The maximum atomic E-state index is 14.4. The van der Waals surface area contributed by atoms with Crippen LogP contribution in [0.1, 0.15) is 5.56 Å². The van der Waals surface area contributed by atoms with Gasteiger partial charge in [0.25, 0.3) is 0 Å². The lowest BCUT2D eigenvalue weighted by molar-refractivity contribution is 0.290. The molecule has 25 heavy (non-hydrogen) atoms. The summed E-state index contributed by atoms with van der Waals surface area (Å²) in [7, 11) is 5.95. The normalized spacial score (nSPS) is 11.0. The van der Waals surface area contributed by atoms with Gasteiger partial charge in [0.1, 0.15) is 6.61 Å². The molecule has 4 aromatic rings. The Kier molecular flexibility index (Phi) is 3.98. The Hall–Kier alpha value is -3.08. The van der Waals surface area contributed by atoms with Crippen LogP contribution in [0.15, 0.2) is 72.9 Å². The summed E-state index contributed by atoms with van der Waals surface area (Å²) in [4.78, 5) is 0. The molecule has 0 aliphatic heterocycles. The summed E-state index contributed by atoms with van der Waals surface area (Å²) >= 11 is 0. The molecule has 0 saturated heterocycles. The fourth-order valence-electron chi connectivity index (χ4n) is 2.75. The molecule has 0 saturated carbocycles. The number of halogens is 1. The van der Waals surface area contributed by atoms with Crippen molar-refractivity contribution in [2.45, 2.75) is 6.61 Å². The van der Waals surface area contributed by atoms with Crippen LogP contribution in [-0.4, -0.2) is 17.6 Å². The van der Waals surface area contributed by atoms with Crippen molar-refractivity contribution in [1.82, 2.24) is 9.78 Å². The molecule has 0 fully saturated rings. The van der Waals surface area contributed by atoms with Crippen LogP contribution in [0.3, 0.4) is 0 Å². The third-order valence-electron chi connectivity index (χ3n) is 4.04. The Balaban J connectivity index is 1.62. The molecule has 4 rings (SSSR count). The van der Waals surface area contributed by atoms with Gasteiger partial charge in [0.05, 0.1) is 17.4 Å². The second-order valence-electron chi connectivity index (χ2n) is 5.73. The highest BCUT2D eigenvalue weighted by molar-refractivity contribution is 6.38. The van der Waals surface area contributed by atoms with Gasteiger partial charge >= 0.3 is 0 Å². The molecular weight excluding hydrogens is 314 g/mol. The van der Waals surface area contributed by atoms with E-state index in [-0.39, 0.29) is 5.75 Å². The molecule has 121 valence electrons. The van der Waals surface area contributed by atoms with Gasteiger partial charge in [0.2, 0.25) is 0 Å². The Morgan fingerprint density at radius 1 is 1.00 bits per heavy atom. The van der Waals surface area contributed by atoms with Crippen molar-refractivity contribution in [3.8, 4) is 11.4 Å². The van der Waals surface area contributed by atoms with Crippen molar-refractivity contribution in [1.29, 1.82) is 0 Å². The van der Waals surface area contributed by atoms with E-state index in [1.165, 1.54) is 6.07 Å². The lowest BCUT2D eigenvalue weighted by Crippen LogP contribution is -2.03. The molecule has 1 aromatic heterocycles. The Morgan fingerprint density at radius 3 is 2.64 bits per heavy atom. The third kappa shape index (κ3) is 3.01. The predicted molar refractivity (Wildman–Crippen MR) is 97.2 cm³/mol. The lowest BCUT2D eigenvalue weighted by atomic mass is 9.93. The van der Waals surface area contributed by atoms with Gasteiger partial charge in [-0.15, -0.1) is 6.07 Å². The van der Waals surface area contributed by atoms with E-state index in [0.717, 1.165) is 16.5 Å². The van der Waals surface area contributed by atoms with E-state index >= 15 is 0 Å². The Bertz CT molecular complexity index is 1030. The molecule has 3 nitrogen and oxygen atoms in total. The second kappa shape index (κ2) is 6.44. The summed E-state index contributed by atoms with van der Waals surface area (Å²) < 4.78 is 21.7. The van der Waals surface area contributed by atoms with Crippen LogP contribution in [0, 0.1) is 5.82 Å². The third-order valence-corrected chi connectivity index (χ3v) is 4.04. The van der Waals surface area contributed by atoms with Crippen molar-refractivity contribution < 1.29 is 9.13 Å². The highest BCUT2D eigenvalue weighted by atomic mass is 19.1. The molecular formula is C20H14BFN2O-. The SMILES string of the molecule is [B-]c1cccc2c1cnn2-c1ccc(OCc2ccccc2)c(F)c1. The van der Waals surface area contributed by atoms with Gasteiger partial charge in [-0.1, -0.05) is 36.4 Å². The monoisotopic (exact) mass is 328 g/mol. The fraction of sp³-hybridized carbons (Fsp3) is 0.0500. The van der Waals surface area contributed by atoms with Crippen molar-refractivity contribution in [2.75, 3.05) is 0 Å². The van der Waals surface area contributed by atoms with Crippen LogP contribution in [-0.2, 0) is 6.61 Å². The molecule has 3 aromatic carbocycles. The maximum Gasteiger partial charge on any atom is 0.167 e.